The van der Waals surface area contributed by atoms with Gasteiger partial charge in [0.2, 0.25) is 0 Å². The van der Waals surface area contributed by atoms with Gasteiger partial charge in [-0.2, -0.15) is 0 Å². The van der Waals surface area contributed by atoms with E-state index in [0.29, 0.717) is 6.54 Å². The van der Waals surface area contributed by atoms with Crippen molar-refractivity contribution in [1.29, 1.82) is 0 Å². The van der Waals surface area contributed by atoms with Gasteiger partial charge in [-0.1, -0.05) is 0 Å². The topological polar surface area (TPSA) is 64.9 Å². The van der Waals surface area contributed by atoms with Gasteiger partial charge in [0.1, 0.15) is 0 Å². The van der Waals surface area contributed by atoms with Gasteiger partial charge < -0.3 is 34.8 Å². The standard InChI is InChI=1S/C3H7NO2.HI/c4-2-1-3(5)6;/h1-2,4H2,(H,5,6);1H. The summed E-state index contributed by atoms with van der Waals surface area (Å²) in [6, 6.07) is 0. The van der Waals surface area contributed by atoms with Crippen molar-refractivity contribution in [3.63, 3.8) is 0 Å². The first kappa shape index (κ1) is 10.2. The largest absolute Gasteiger partial charge is 1.00 e. The normalized spacial score (nSPS) is 7.00. The number of carbonyl (C=O) groups is 1. The molecular formula is C3H8INO2. The average Bonchev–Trinajstić information content (AvgIpc) is 1.35. The van der Waals surface area contributed by atoms with Crippen molar-refractivity contribution in [2.75, 3.05) is 6.54 Å². The van der Waals surface area contributed by atoms with Crippen LogP contribution in [-0.4, -0.2) is 17.6 Å². The Bertz CT molecular complexity index is 56.9. The predicted molar refractivity (Wildman–Crippen MR) is 20.0 cm³/mol. The average molecular weight is 217 g/mol. The van der Waals surface area contributed by atoms with Crippen LogP contribution in [-0.2, 0) is 4.79 Å². The smallest absolute Gasteiger partial charge is 0.309 e. The number of hydrogen-bond acceptors (Lipinski definition) is 1. The molecule has 0 aliphatic heterocycles. The molecule has 44 valence electrons. The van der Waals surface area contributed by atoms with Crippen molar-refractivity contribution in [3.05, 3.63) is 0 Å². The molecule has 0 aromatic heterocycles. The molecule has 0 bridgehead atoms. The summed E-state index contributed by atoms with van der Waals surface area (Å²) in [4.78, 5) is 9.56. The highest BCUT2D eigenvalue weighted by molar-refractivity contribution is 5.66. The number of aliphatic carboxylic acids is 1. The fraction of sp³-hybridized carbons (Fsp3) is 0.667. The van der Waals surface area contributed by atoms with Crippen LogP contribution in [0, 0.1) is 0 Å². The summed E-state index contributed by atoms with van der Waals surface area (Å²) in [5.41, 5.74) is 3.34. The molecular weight excluding hydrogens is 209 g/mol. The van der Waals surface area contributed by atoms with Crippen LogP contribution in [0.1, 0.15) is 6.42 Å². The summed E-state index contributed by atoms with van der Waals surface area (Å²) in [5.74, 6) is -0.773. The first-order valence-corrected chi connectivity index (χ1v) is 1.78. The van der Waals surface area contributed by atoms with Crippen LogP contribution in [0.4, 0.5) is 0 Å². The Morgan fingerprint density at radius 2 is 2.14 bits per heavy atom. The first-order chi connectivity index (χ1) is 2.77. The molecule has 7 heavy (non-hydrogen) atoms. The minimum absolute atomic E-state index is 0. The molecule has 4 N–H and O–H groups in total. The molecule has 0 saturated heterocycles. The SMILES string of the molecule is [I-].[NH3+]CCC(=O)O. The summed E-state index contributed by atoms with van der Waals surface area (Å²) < 4.78 is 0. The zero-order valence-corrected chi connectivity index (χ0v) is 6.01. The summed E-state index contributed by atoms with van der Waals surface area (Å²) in [7, 11) is 0. The second-order valence-electron chi connectivity index (χ2n) is 0.997. The van der Waals surface area contributed by atoms with E-state index in [4.69, 9.17) is 5.11 Å². The number of carboxylic acid groups (broad SMARTS) is 1. The Kier molecular flexibility index (Phi) is 8.98. The molecule has 0 aliphatic carbocycles. The quantitative estimate of drug-likeness (QED) is 0.459. The van der Waals surface area contributed by atoms with E-state index >= 15 is 0 Å². The highest BCUT2D eigenvalue weighted by Gasteiger charge is 1.90. The van der Waals surface area contributed by atoms with Crippen molar-refractivity contribution in [1.82, 2.24) is 0 Å². The van der Waals surface area contributed by atoms with Crippen molar-refractivity contribution in [2.45, 2.75) is 6.42 Å². The summed E-state index contributed by atoms with van der Waals surface area (Å²) in [6.45, 7) is 0.481. The van der Waals surface area contributed by atoms with Crippen LogP contribution < -0.4 is 29.7 Å². The highest BCUT2D eigenvalue weighted by atomic mass is 127. The first-order valence-electron chi connectivity index (χ1n) is 1.78. The monoisotopic (exact) mass is 217 g/mol. The van der Waals surface area contributed by atoms with Crippen LogP contribution >= 0.6 is 0 Å². The third kappa shape index (κ3) is 10.7. The Hall–Kier alpha value is 0.160. The van der Waals surface area contributed by atoms with Gasteiger partial charge in [0, 0.05) is 0 Å². The molecule has 0 heterocycles. The zero-order chi connectivity index (χ0) is 4.99. The van der Waals surface area contributed by atoms with Gasteiger partial charge in [-0.3, -0.25) is 4.79 Å². The highest BCUT2D eigenvalue weighted by Crippen LogP contribution is 1.66. The molecule has 0 unspecified atom stereocenters. The number of hydrogen-bond donors (Lipinski definition) is 2. The molecule has 0 saturated carbocycles. The third-order valence-corrected chi connectivity index (χ3v) is 0.391. The maximum Gasteiger partial charge on any atom is 0.309 e. The van der Waals surface area contributed by atoms with Gasteiger partial charge >= 0.3 is 5.97 Å². The van der Waals surface area contributed by atoms with Gasteiger partial charge in [0.05, 0.1) is 13.0 Å². The predicted octanol–water partition coefficient (Wildman–Crippen LogP) is -4.29. The van der Waals surface area contributed by atoms with Gasteiger partial charge in [0.15, 0.2) is 0 Å². The van der Waals surface area contributed by atoms with E-state index in [1.807, 2.05) is 0 Å². The van der Waals surface area contributed by atoms with Gasteiger partial charge in [0.25, 0.3) is 0 Å². The van der Waals surface area contributed by atoms with Gasteiger partial charge in [-0.05, 0) is 0 Å². The number of rotatable bonds is 2. The third-order valence-electron chi connectivity index (χ3n) is 0.391. The van der Waals surface area contributed by atoms with E-state index in [1.54, 1.807) is 0 Å². The van der Waals surface area contributed by atoms with Crippen LogP contribution in [0.2, 0.25) is 0 Å². The van der Waals surface area contributed by atoms with E-state index < -0.39 is 5.97 Å². The molecule has 0 fully saturated rings. The molecule has 0 atom stereocenters. The van der Waals surface area contributed by atoms with E-state index in [-0.39, 0.29) is 30.4 Å². The van der Waals surface area contributed by atoms with Crippen LogP contribution in [0.15, 0.2) is 0 Å². The fourth-order valence-electron chi connectivity index (χ4n) is 0.151. The Morgan fingerprint density at radius 3 is 2.14 bits per heavy atom. The molecule has 0 radical (unpaired) electrons. The van der Waals surface area contributed by atoms with Crippen molar-refractivity contribution in [3.8, 4) is 0 Å². The van der Waals surface area contributed by atoms with Gasteiger partial charge in [-0.15, -0.1) is 0 Å². The number of carboxylic acids is 1. The molecule has 0 amide bonds. The van der Waals surface area contributed by atoms with E-state index in [1.165, 1.54) is 0 Å². The molecule has 3 nitrogen and oxygen atoms in total. The lowest BCUT2D eigenvalue weighted by Gasteiger charge is -1.78. The lowest BCUT2D eigenvalue weighted by Crippen LogP contribution is -3.00. The zero-order valence-electron chi connectivity index (χ0n) is 3.85. The fourth-order valence-corrected chi connectivity index (χ4v) is 0.151. The Balaban J connectivity index is 0. The number of halogens is 1. The van der Waals surface area contributed by atoms with Crippen molar-refractivity contribution >= 4 is 5.97 Å². The molecule has 0 rings (SSSR count). The molecule has 4 heteroatoms. The molecule has 0 aromatic carbocycles. The van der Waals surface area contributed by atoms with E-state index in [9.17, 15) is 4.79 Å². The molecule has 0 aromatic rings. The summed E-state index contributed by atoms with van der Waals surface area (Å²) >= 11 is 0. The Morgan fingerprint density at radius 1 is 1.71 bits per heavy atom. The molecule has 0 aliphatic rings. The second-order valence-corrected chi connectivity index (χ2v) is 0.997. The van der Waals surface area contributed by atoms with E-state index in [2.05, 4.69) is 5.73 Å². The van der Waals surface area contributed by atoms with Crippen LogP contribution in [0.5, 0.6) is 0 Å². The van der Waals surface area contributed by atoms with Crippen LogP contribution in [0.3, 0.4) is 0 Å². The van der Waals surface area contributed by atoms with Crippen LogP contribution in [0.25, 0.3) is 0 Å². The lowest BCUT2D eigenvalue weighted by molar-refractivity contribution is -0.366. The van der Waals surface area contributed by atoms with Crippen molar-refractivity contribution < 1.29 is 39.6 Å². The maximum absolute atomic E-state index is 9.56. The summed E-state index contributed by atoms with van der Waals surface area (Å²) in [5, 5.41) is 7.87. The molecule has 0 spiro atoms. The Labute approximate surface area is 58.9 Å². The van der Waals surface area contributed by atoms with Crippen molar-refractivity contribution in [2.24, 2.45) is 0 Å². The van der Waals surface area contributed by atoms with Gasteiger partial charge in [-0.25, -0.2) is 0 Å². The maximum atomic E-state index is 9.56. The lowest BCUT2D eigenvalue weighted by atomic mass is 10.5. The summed E-state index contributed by atoms with van der Waals surface area (Å²) in [6.07, 6.45) is 0.181. The minimum atomic E-state index is -0.773. The minimum Gasteiger partial charge on any atom is -1.00 e. The van der Waals surface area contributed by atoms with E-state index in [0.717, 1.165) is 0 Å². The number of quaternary nitrogens is 1. The second kappa shape index (κ2) is 6.16.